The molecular formula is C11H12ClN3OS. The highest BCUT2D eigenvalue weighted by molar-refractivity contribution is 7.98. The number of rotatable bonds is 4. The molecule has 0 spiro atoms. The second kappa shape index (κ2) is 5.42. The molecule has 0 unspecified atom stereocenters. The fraction of sp³-hybridized carbons (Fsp3) is 0.273. The molecule has 0 atom stereocenters. The molecule has 90 valence electrons. The molecule has 0 saturated carbocycles. The maximum atomic E-state index is 5.85. The van der Waals surface area contributed by atoms with Crippen molar-refractivity contribution in [2.75, 3.05) is 12.0 Å². The first-order valence-electron chi connectivity index (χ1n) is 5.09. The van der Waals surface area contributed by atoms with E-state index in [-0.39, 0.29) is 0 Å². The Morgan fingerprint density at radius 2 is 2.18 bits per heavy atom. The standard InChI is InChI=1S/C11H12ClN3OS/c1-17-11-15-14-10(16-11)5-3-7-2-4-8(12)9(13)6-7/h2,4,6H,3,5,13H2,1H3. The van der Waals surface area contributed by atoms with Crippen LogP contribution in [-0.4, -0.2) is 16.5 Å². The summed E-state index contributed by atoms with van der Waals surface area (Å²) >= 11 is 7.29. The van der Waals surface area contributed by atoms with Gasteiger partial charge in [0.2, 0.25) is 5.89 Å². The predicted molar refractivity (Wildman–Crippen MR) is 69.4 cm³/mol. The van der Waals surface area contributed by atoms with E-state index < -0.39 is 0 Å². The lowest BCUT2D eigenvalue weighted by atomic mass is 10.1. The van der Waals surface area contributed by atoms with Crippen LogP contribution in [0.3, 0.4) is 0 Å². The molecule has 0 aliphatic heterocycles. The summed E-state index contributed by atoms with van der Waals surface area (Å²) < 4.78 is 5.39. The lowest BCUT2D eigenvalue weighted by Gasteiger charge is -2.02. The fourth-order valence-electron chi connectivity index (χ4n) is 1.42. The van der Waals surface area contributed by atoms with Gasteiger partial charge in [-0.3, -0.25) is 0 Å². The summed E-state index contributed by atoms with van der Waals surface area (Å²) in [4.78, 5) is 0. The first-order chi connectivity index (χ1) is 8.19. The number of thioether (sulfide) groups is 1. The highest BCUT2D eigenvalue weighted by atomic mass is 35.5. The van der Waals surface area contributed by atoms with Crippen molar-refractivity contribution in [2.45, 2.75) is 18.1 Å². The summed E-state index contributed by atoms with van der Waals surface area (Å²) in [6.07, 6.45) is 3.41. The Morgan fingerprint density at radius 1 is 1.35 bits per heavy atom. The monoisotopic (exact) mass is 269 g/mol. The van der Waals surface area contributed by atoms with Crippen LogP contribution in [0.1, 0.15) is 11.5 Å². The van der Waals surface area contributed by atoms with Crippen LogP contribution in [-0.2, 0) is 12.8 Å². The van der Waals surface area contributed by atoms with E-state index in [1.807, 2.05) is 18.4 Å². The van der Waals surface area contributed by atoms with Crippen LogP contribution in [0, 0.1) is 0 Å². The van der Waals surface area contributed by atoms with Gasteiger partial charge < -0.3 is 10.2 Å². The molecule has 0 amide bonds. The molecule has 2 N–H and O–H groups in total. The zero-order valence-corrected chi connectivity index (χ0v) is 10.9. The third kappa shape index (κ3) is 3.14. The predicted octanol–water partition coefficient (Wildman–Crippen LogP) is 2.81. The van der Waals surface area contributed by atoms with Gasteiger partial charge in [0.15, 0.2) is 0 Å². The van der Waals surface area contributed by atoms with Gasteiger partial charge in [-0.15, -0.1) is 10.2 Å². The minimum Gasteiger partial charge on any atom is -0.416 e. The Labute approximate surface area is 109 Å². The third-order valence-electron chi connectivity index (χ3n) is 2.31. The maximum Gasteiger partial charge on any atom is 0.276 e. The molecule has 1 aromatic heterocycles. The molecule has 1 heterocycles. The van der Waals surface area contributed by atoms with Crippen molar-refractivity contribution in [1.29, 1.82) is 0 Å². The van der Waals surface area contributed by atoms with E-state index in [0.717, 1.165) is 12.0 Å². The molecule has 1 aromatic carbocycles. The van der Waals surface area contributed by atoms with E-state index in [1.165, 1.54) is 11.8 Å². The largest absolute Gasteiger partial charge is 0.416 e. The van der Waals surface area contributed by atoms with E-state index in [4.69, 9.17) is 21.8 Å². The second-order valence-electron chi connectivity index (χ2n) is 3.52. The van der Waals surface area contributed by atoms with Crippen molar-refractivity contribution in [2.24, 2.45) is 0 Å². The van der Waals surface area contributed by atoms with Gasteiger partial charge in [-0.25, -0.2) is 0 Å². The number of benzene rings is 1. The Bertz CT molecular complexity index is 515. The Hall–Kier alpha value is -1.20. The number of nitrogen functional groups attached to an aromatic ring is 1. The van der Waals surface area contributed by atoms with Crippen LogP contribution in [0.5, 0.6) is 0 Å². The summed E-state index contributed by atoms with van der Waals surface area (Å²) in [5.74, 6) is 0.642. The Morgan fingerprint density at radius 3 is 2.82 bits per heavy atom. The van der Waals surface area contributed by atoms with Crippen molar-refractivity contribution >= 4 is 29.1 Å². The van der Waals surface area contributed by atoms with Gasteiger partial charge in [-0.1, -0.05) is 29.4 Å². The van der Waals surface area contributed by atoms with Crippen molar-refractivity contribution in [3.8, 4) is 0 Å². The molecule has 2 rings (SSSR count). The van der Waals surface area contributed by atoms with Crippen molar-refractivity contribution in [1.82, 2.24) is 10.2 Å². The number of halogens is 1. The Kier molecular flexibility index (Phi) is 3.91. The lowest BCUT2D eigenvalue weighted by Crippen LogP contribution is -1.94. The fourth-order valence-corrected chi connectivity index (χ4v) is 1.84. The molecule has 4 nitrogen and oxygen atoms in total. The average molecular weight is 270 g/mol. The SMILES string of the molecule is CSc1nnc(CCc2ccc(Cl)c(N)c2)o1. The number of nitrogens with two attached hydrogens (primary N) is 1. The van der Waals surface area contributed by atoms with Crippen molar-refractivity contribution < 1.29 is 4.42 Å². The van der Waals surface area contributed by atoms with E-state index in [9.17, 15) is 0 Å². The number of nitrogens with zero attached hydrogens (tertiary/aromatic N) is 2. The first kappa shape index (κ1) is 12.3. The van der Waals surface area contributed by atoms with Gasteiger partial charge in [-0.2, -0.15) is 0 Å². The van der Waals surface area contributed by atoms with Crippen LogP contribution in [0.4, 0.5) is 5.69 Å². The van der Waals surface area contributed by atoms with E-state index in [0.29, 0.717) is 28.2 Å². The van der Waals surface area contributed by atoms with Crippen molar-refractivity contribution in [3.63, 3.8) is 0 Å². The zero-order valence-electron chi connectivity index (χ0n) is 9.31. The van der Waals surface area contributed by atoms with Gasteiger partial charge in [-0.05, 0) is 30.4 Å². The topological polar surface area (TPSA) is 64.9 Å². The number of hydrogen-bond acceptors (Lipinski definition) is 5. The minimum absolute atomic E-state index is 0.580. The van der Waals surface area contributed by atoms with E-state index in [2.05, 4.69) is 10.2 Å². The van der Waals surface area contributed by atoms with Gasteiger partial charge in [0.05, 0.1) is 10.7 Å². The van der Waals surface area contributed by atoms with Crippen LogP contribution in [0.25, 0.3) is 0 Å². The number of aromatic nitrogens is 2. The molecule has 6 heteroatoms. The van der Waals surface area contributed by atoms with Gasteiger partial charge >= 0.3 is 0 Å². The Balaban J connectivity index is 1.99. The third-order valence-corrected chi connectivity index (χ3v) is 3.17. The molecule has 0 bridgehead atoms. The highest BCUT2D eigenvalue weighted by Gasteiger charge is 2.05. The molecule has 0 fully saturated rings. The summed E-state index contributed by atoms with van der Waals surface area (Å²) in [6.45, 7) is 0. The van der Waals surface area contributed by atoms with Gasteiger partial charge in [0.25, 0.3) is 5.22 Å². The number of hydrogen-bond donors (Lipinski definition) is 1. The molecule has 0 saturated heterocycles. The second-order valence-corrected chi connectivity index (χ2v) is 4.69. The minimum atomic E-state index is 0.580. The molecule has 2 aromatic rings. The van der Waals surface area contributed by atoms with Crippen LogP contribution in [0.2, 0.25) is 5.02 Å². The molecule has 0 aliphatic rings. The summed E-state index contributed by atoms with van der Waals surface area (Å²) in [7, 11) is 0. The van der Waals surface area contributed by atoms with Crippen LogP contribution < -0.4 is 5.73 Å². The molecular weight excluding hydrogens is 258 g/mol. The highest BCUT2D eigenvalue weighted by Crippen LogP contribution is 2.20. The normalized spacial score (nSPS) is 10.7. The van der Waals surface area contributed by atoms with Crippen LogP contribution >= 0.6 is 23.4 Å². The van der Waals surface area contributed by atoms with Crippen molar-refractivity contribution in [3.05, 3.63) is 34.7 Å². The molecule has 0 radical (unpaired) electrons. The average Bonchev–Trinajstić information content (AvgIpc) is 2.79. The van der Waals surface area contributed by atoms with Gasteiger partial charge in [0, 0.05) is 6.42 Å². The summed E-state index contributed by atoms with van der Waals surface area (Å²) in [5.41, 5.74) is 7.43. The molecule has 17 heavy (non-hydrogen) atoms. The van der Waals surface area contributed by atoms with Gasteiger partial charge in [0.1, 0.15) is 0 Å². The quantitative estimate of drug-likeness (QED) is 0.683. The number of aryl methyl sites for hydroxylation is 2. The lowest BCUT2D eigenvalue weighted by molar-refractivity contribution is 0.413. The van der Waals surface area contributed by atoms with Crippen LogP contribution in [0.15, 0.2) is 27.8 Å². The smallest absolute Gasteiger partial charge is 0.276 e. The zero-order chi connectivity index (χ0) is 12.3. The van der Waals surface area contributed by atoms with E-state index >= 15 is 0 Å². The molecule has 0 aliphatic carbocycles. The van der Waals surface area contributed by atoms with E-state index in [1.54, 1.807) is 6.07 Å². The summed E-state index contributed by atoms with van der Waals surface area (Å²) in [6, 6.07) is 5.62. The number of anilines is 1. The first-order valence-corrected chi connectivity index (χ1v) is 6.69. The maximum absolute atomic E-state index is 5.85. The summed E-state index contributed by atoms with van der Waals surface area (Å²) in [5, 5.41) is 9.00.